The first-order valence-electron chi connectivity index (χ1n) is 8.94. The van der Waals surface area contributed by atoms with Crippen LogP contribution in [0, 0.1) is 25.2 Å². The molecule has 3 aromatic heterocycles. The average molecular weight is 425 g/mol. The van der Waals surface area contributed by atoms with Gasteiger partial charge in [-0.1, -0.05) is 23.7 Å². The highest BCUT2D eigenvalue weighted by molar-refractivity contribution is 7.20. The Hall–Kier alpha value is -3.15. The van der Waals surface area contributed by atoms with E-state index in [0.29, 0.717) is 28.7 Å². The van der Waals surface area contributed by atoms with Gasteiger partial charge in [0.05, 0.1) is 46.0 Å². The summed E-state index contributed by atoms with van der Waals surface area (Å²) in [6, 6.07) is 13.2. The lowest BCUT2D eigenvalue weighted by Crippen LogP contribution is -2.14. The minimum Gasteiger partial charge on any atom is -0.306 e. The average Bonchev–Trinajstić information content (AvgIpc) is 3.36. The molecular weight excluding hydrogens is 408 g/mol. The first-order valence-corrected chi connectivity index (χ1v) is 10.1. The number of amides is 1. The van der Waals surface area contributed by atoms with E-state index in [0.717, 1.165) is 27.3 Å². The van der Waals surface area contributed by atoms with Gasteiger partial charge in [-0.2, -0.15) is 15.5 Å². The standard InChI is InChI=1S/C20H17ClN6OS/c1-12-10-18(26(24-12)9-5-8-22)23-19(28)17-11-14-13(2)25-27(20(14)29-17)16-7-4-3-6-15(16)21/h3-4,6-7,10-11H,5,9H2,1-2H3,(H,23,28). The summed E-state index contributed by atoms with van der Waals surface area (Å²) in [5.74, 6) is 0.346. The third-order valence-corrected chi connectivity index (χ3v) is 5.86. The number of aryl methyl sites for hydroxylation is 3. The van der Waals surface area contributed by atoms with Crippen molar-refractivity contribution < 1.29 is 4.79 Å². The summed E-state index contributed by atoms with van der Waals surface area (Å²) in [6.07, 6.45) is 0.319. The molecule has 0 atom stereocenters. The molecule has 3 heterocycles. The maximum Gasteiger partial charge on any atom is 0.266 e. The summed E-state index contributed by atoms with van der Waals surface area (Å²) in [5, 5.41) is 22.1. The molecule has 0 saturated carbocycles. The van der Waals surface area contributed by atoms with E-state index < -0.39 is 0 Å². The van der Waals surface area contributed by atoms with Gasteiger partial charge in [0.15, 0.2) is 0 Å². The molecule has 0 bridgehead atoms. The second kappa shape index (κ2) is 7.70. The predicted molar refractivity (Wildman–Crippen MR) is 114 cm³/mol. The molecule has 1 aromatic carbocycles. The lowest BCUT2D eigenvalue weighted by Gasteiger charge is -2.06. The van der Waals surface area contributed by atoms with Crippen LogP contribution in [-0.2, 0) is 6.54 Å². The Kier molecular flexibility index (Phi) is 5.09. The number of thiophene rings is 1. The van der Waals surface area contributed by atoms with Crippen LogP contribution in [0.25, 0.3) is 15.9 Å². The fraction of sp³-hybridized carbons (Fsp3) is 0.200. The van der Waals surface area contributed by atoms with Crippen LogP contribution in [0.5, 0.6) is 0 Å². The number of carbonyl (C=O) groups excluding carboxylic acids is 1. The van der Waals surface area contributed by atoms with Crippen LogP contribution < -0.4 is 5.32 Å². The lowest BCUT2D eigenvalue weighted by atomic mass is 10.3. The van der Waals surface area contributed by atoms with Crippen molar-refractivity contribution >= 4 is 44.9 Å². The molecule has 7 nitrogen and oxygen atoms in total. The number of halogens is 1. The summed E-state index contributed by atoms with van der Waals surface area (Å²) < 4.78 is 3.41. The van der Waals surface area contributed by atoms with Crippen molar-refractivity contribution in [2.45, 2.75) is 26.8 Å². The minimum atomic E-state index is -0.227. The normalized spacial score (nSPS) is 11.0. The van der Waals surface area contributed by atoms with Crippen molar-refractivity contribution in [2.75, 3.05) is 5.32 Å². The Bertz CT molecular complexity index is 1260. The first kappa shape index (κ1) is 19.2. The number of hydrogen-bond acceptors (Lipinski definition) is 5. The van der Waals surface area contributed by atoms with Crippen molar-refractivity contribution in [2.24, 2.45) is 0 Å². The van der Waals surface area contributed by atoms with Crippen LogP contribution in [-0.4, -0.2) is 25.5 Å². The van der Waals surface area contributed by atoms with Crippen LogP contribution in [0.3, 0.4) is 0 Å². The van der Waals surface area contributed by atoms with Gasteiger partial charge in [-0.05, 0) is 32.0 Å². The molecule has 0 saturated heterocycles. The van der Waals surface area contributed by atoms with Gasteiger partial charge in [0.2, 0.25) is 0 Å². The molecular formula is C20H17ClN6OS. The van der Waals surface area contributed by atoms with Gasteiger partial charge in [0, 0.05) is 11.5 Å². The van der Waals surface area contributed by atoms with Crippen LogP contribution >= 0.6 is 22.9 Å². The van der Waals surface area contributed by atoms with Crippen molar-refractivity contribution in [3.05, 3.63) is 57.7 Å². The van der Waals surface area contributed by atoms with Crippen LogP contribution in [0.1, 0.15) is 27.5 Å². The Morgan fingerprint density at radius 3 is 2.83 bits per heavy atom. The van der Waals surface area contributed by atoms with Gasteiger partial charge in [-0.3, -0.25) is 4.79 Å². The molecule has 9 heteroatoms. The van der Waals surface area contributed by atoms with E-state index in [1.165, 1.54) is 11.3 Å². The van der Waals surface area contributed by atoms with Crippen molar-refractivity contribution in [3.8, 4) is 11.8 Å². The second-order valence-corrected chi connectivity index (χ2v) is 7.97. The molecule has 4 aromatic rings. The zero-order valence-electron chi connectivity index (χ0n) is 15.8. The highest BCUT2D eigenvalue weighted by Gasteiger charge is 2.19. The fourth-order valence-electron chi connectivity index (χ4n) is 3.10. The quantitative estimate of drug-likeness (QED) is 0.502. The highest BCUT2D eigenvalue weighted by atomic mass is 35.5. The van der Waals surface area contributed by atoms with Gasteiger partial charge in [0.1, 0.15) is 10.6 Å². The van der Waals surface area contributed by atoms with Crippen molar-refractivity contribution in [1.29, 1.82) is 5.26 Å². The number of benzene rings is 1. The SMILES string of the molecule is Cc1cc(NC(=O)c2cc3c(C)nn(-c4ccccc4Cl)c3s2)n(CCC#N)n1. The maximum absolute atomic E-state index is 12.9. The van der Waals surface area contributed by atoms with Crippen LogP contribution in [0.4, 0.5) is 5.82 Å². The minimum absolute atomic E-state index is 0.227. The Labute approximate surface area is 176 Å². The fourth-order valence-corrected chi connectivity index (χ4v) is 4.38. The van der Waals surface area contributed by atoms with E-state index in [1.807, 2.05) is 44.2 Å². The van der Waals surface area contributed by atoms with E-state index in [1.54, 1.807) is 15.4 Å². The molecule has 0 spiro atoms. The number of hydrogen-bond donors (Lipinski definition) is 1. The predicted octanol–water partition coefficient (Wildman–Crippen LogP) is 4.72. The van der Waals surface area contributed by atoms with E-state index in [-0.39, 0.29) is 5.91 Å². The third kappa shape index (κ3) is 3.62. The van der Waals surface area contributed by atoms with Gasteiger partial charge in [-0.15, -0.1) is 11.3 Å². The Morgan fingerprint density at radius 1 is 1.28 bits per heavy atom. The number of nitrogens with zero attached hydrogens (tertiary/aromatic N) is 5. The number of anilines is 1. The van der Waals surface area contributed by atoms with Crippen LogP contribution in [0.2, 0.25) is 5.02 Å². The lowest BCUT2D eigenvalue weighted by molar-refractivity contribution is 0.102. The molecule has 0 aliphatic heterocycles. The largest absolute Gasteiger partial charge is 0.306 e. The third-order valence-electron chi connectivity index (χ3n) is 4.43. The van der Waals surface area contributed by atoms with Gasteiger partial charge in [0.25, 0.3) is 5.91 Å². The first-order chi connectivity index (χ1) is 14.0. The molecule has 1 amide bonds. The van der Waals surface area contributed by atoms with Gasteiger partial charge in [-0.25, -0.2) is 9.36 Å². The highest BCUT2D eigenvalue weighted by Crippen LogP contribution is 2.32. The second-order valence-electron chi connectivity index (χ2n) is 6.53. The topological polar surface area (TPSA) is 88.5 Å². The summed E-state index contributed by atoms with van der Waals surface area (Å²) in [6.45, 7) is 4.18. The molecule has 0 aliphatic rings. The van der Waals surface area contributed by atoms with Crippen molar-refractivity contribution in [1.82, 2.24) is 19.6 Å². The number of nitrogens with one attached hydrogen (secondary N) is 1. The van der Waals surface area contributed by atoms with E-state index in [2.05, 4.69) is 21.6 Å². The molecule has 0 aliphatic carbocycles. The maximum atomic E-state index is 12.9. The van der Waals surface area contributed by atoms with Gasteiger partial charge >= 0.3 is 0 Å². The molecule has 1 N–H and O–H groups in total. The molecule has 146 valence electrons. The van der Waals surface area contributed by atoms with Crippen molar-refractivity contribution in [3.63, 3.8) is 0 Å². The zero-order chi connectivity index (χ0) is 20.5. The monoisotopic (exact) mass is 424 g/mol. The molecule has 0 radical (unpaired) electrons. The zero-order valence-corrected chi connectivity index (χ0v) is 17.4. The van der Waals surface area contributed by atoms with Gasteiger partial charge < -0.3 is 5.32 Å². The van der Waals surface area contributed by atoms with E-state index in [4.69, 9.17) is 16.9 Å². The smallest absolute Gasteiger partial charge is 0.266 e. The number of aromatic nitrogens is 4. The molecule has 0 unspecified atom stereocenters. The Balaban J connectivity index is 1.67. The summed E-state index contributed by atoms with van der Waals surface area (Å²) >= 11 is 7.69. The van der Waals surface area contributed by atoms with E-state index >= 15 is 0 Å². The molecule has 29 heavy (non-hydrogen) atoms. The Morgan fingerprint density at radius 2 is 2.07 bits per heavy atom. The molecule has 4 rings (SSSR count). The number of para-hydroxylation sites is 1. The number of carbonyl (C=O) groups is 1. The summed E-state index contributed by atoms with van der Waals surface area (Å²) in [4.78, 5) is 14.3. The number of nitriles is 1. The van der Waals surface area contributed by atoms with E-state index in [9.17, 15) is 4.79 Å². The number of fused-ring (bicyclic) bond motifs is 1. The number of rotatable bonds is 5. The van der Waals surface area contributed by atoms with Crippen LogP contribution in [0.15, 0.2) is 36.4 Å². The summed E-state index contributed by atoms with van der Waals surface area (Å²) in [7, 11) is 0. The summed E-state index contributed by atoms with van der Waals surface area (Å²) in [5.41, 5.74) is 2.37. The molecule has 0 fully saturated rings.